The number of aromatic nitrogens is 2. The number of esters is 1. The van der Waals surface area contributed by atoms with E-state index in [4.69, 9.17) is 10.5 Å². The first-order valence-corrected chi connectivity index (χ1v) is 6.85. The molecule has 1 heterocycles. The van der Waals surface area contributed by atoms with Gasteiger partial charge in [-0.15, -0.1) is 0 Å². The van der Waals surface area contributed by atoms with Crippen LogP contribution >= 0.6 is 0 Å². The molecular weight excluding hydrogens is 282 g/mol. The van der Waals surface area contributed by atoms with E-state index in [1.165, 1.54) is 13.4 Å². The van der Waals surface area contributed by atoms with Crippen LogP contribution in [0.3, 0.4) is 0 Å². The summed E-state index contributed by atoms with van der Waals surface area (Å²) < 4.78 is 4.81. The number of carbonyl (C=O) groups excluding carboxylic acids is 1. The van der Waals surface area contributed by atoms with Gasteiger partial charge in [0.1, 0.15) is 12.0 Å². The Kier molecular flexibility index (Phi) is 4.77. The van der Waals surface area contributed by atoms with Crippen LogP contribution in [0.25, 0.3) is 0 Å². The van der Waals surface area contributed by atoms with Gasteiger partial charge in [-0.1, -0.05) is 12.1 Å². The van der Waals surface area contributed by atoms with Gasteiger partial charge in [-0.3, -0.25) is 0 Å². The van der Waals surface area contributed by atoms with E-state index >= 15 is 0 Å². The molecule has 0 amide bonds. The smallest absolute Gasteiger partial charge is 0.339 e. The average molecular weight is 301 g/mol. The number of nitrogens with zero attached hydrogens (tertiary/aromatic N) is 3. The summed E-state index contributed by atoms with van der Waals surface area (Å²) in [6, 6.07) is 7.11. The number of methoxy groups -OCH3 is 1. The molecule has 1 aromatic heterocycles. The summed E-state index contributed by atoms with van der Waals surface area (Å²) >= 11 is 0. The maximum Gasteiger partial charge on any atom is 0.339 e. The highest BCUT2D eigenvalue weighted by Gasteiger charge is 2.19. The molecule has 1 aromatic carbocycles. The fraction of sp³-hybridized carbons (Fsp3) is 0.267. The third-order valence-electron chi connectivity index (χ3n) is 3.20. The molecule has 2 rings (SSSR count). The molecule has 0 bridgehead atoms. The van der Waals surface area contributed by atoms with Gasteiger partial charge in [0.25, 0.3) is 0 Å². The van der Waals surface area contributed by atoms with Gasteiger partial charge >= 0.3 is 5.97 Å². The Balaban J connectivity index is 2.47. The molecule has 7 heteroatoms. The van der Waals surface area contributed by atoms with Gasteiger partial charge in [-0.05, 0) is 19.1 Å². The zero-order chi connectivity index (χ0) is 16.1. The van der Waals surface area contributed by atoms with Crippen molar-refractivity contribution in [1.29, 1.82) is 0 Å². The fourth-order valence-corrected chi connectivity index (χ4v) is 2.12. The molecule has 0 saturated heterocycles. The Labute approximate surface area is 129 Å². The van der Waals surface area contributed by atoms with E-state index in [2.05, 4.69) is 15.3 Å². The Morgan fingerprint density at radius 2 is 2.09 bits per heavy atom. The number of para-hydroxylation sites is 1. The summed E-state index contributed by atoms with van der Waals surface area (Å²) in [5.74, 6) is 0.666. The Bertz CT molecular complexity index is 675. The lowest BCUT2D eigenvalue weighted by molar-refractivity contribution is 0.0601. The van der Waals surface area contributed by atoms with Gasteiger partial charge in [0.05, 0.1) is 18.4 Å². The number of anilines is 4. The Hall–Kier alpha value is -2.83. The van der Waals surface area contributed by atoms with E-state index < -0.39 is 5.97 Å². The molecule has 0 spiro atoms. The lowest BCUT2D eigenvalue weighted by Crippen LogP contribution is -2.18. The maximum absolute atomic E-state index is 11.9. The summed E-state index contributed by atoms with van der Waals surface area (Å²) in [6.07, 6.45) is 1.43. The van der Waals surface area contributed by atoms with Crippen LogP contribution in [-0.4, -0.2) is 36.6 Å². The number of benzene rings is 1. The van der Waals surface area contributed by atoms with Crippen LogP contribution in [0, 0.1) is 0 Å². The summed E-state index contributed by atoms with van der Waals surface area (Å²) in [7, 11) is 3.14. The van der Waals surface area contributed by atoms with E-state index in [0.29, 0.717) is 35.1 Å². The predicted molar refractivity (Wildman–Crippen MR) is 86.5 cm³/mol. The van der Waals surface area contributed by atoms with Crippen molar-refractivity contribution < 1.29 is 9.53 Å². The number of hydrogen-bond donors (Lipinski definition) is 2. The molecule has 2 aromatic rings. The van der Waals surface area contributed by atoms with Crippen molar-refractivity contribution in [1.82, 2.24) is 9.97 Å². The molecule has 0 fully saturated rings. The van der Waals surface area contributed by atoms with Gasteiger partial charge in [-0.2, -0.15) is 0 Å². The summed E-state index contributed by atoms with van der Waals surface area (Å²) in [6.45, 7) is 2.65. The van der Waals surface area contributed by atoms with Crippen LogP contribution in [0.1, 0.15) is 17.3 Å². The Morgan fingerprint density at radius 3 is 2.77 bits per heavy atom. The van der Waals surface area contributed by atoms with Crippen molar-refractivity contribution in [2.75, 3.05) is 36.7 Å². The van der Waals surface area contributed by atoms with Crippen LogP contribution in [0.5, 0.6) is 0 Å². The second-order valence-electron chi connectivity index (χ2n) is 4.56. The van der Waals surface area contributed by atoms with Gasteiger partial charge in [0, 0.05) is 13.6 Å². The first-order chi connectivity index (χ1) is 10.6. The first kappa shape index (κ1) is 15.6. The van der Waals surface area contributed by atoms with E-state index in [-0.39, 0.29) is 0 Å². The summed E-state index contributed by atoms with van der Waals surface area (Å²) in [5.41, 5.74) is 7.64. The molecule has 0 atom stereocenters. The van der Waals surface area contributed by atoms with E-state index in [1.54, 1.807) is 30.1 Å². The number of rotatable bonds is 5. The number of nitrogens with one attached hydrogen (secondary N) is 1. The summed E-state index contributed by atoms with van der Waals surface area (Å²) in [4.78, 5) is 22.0. The van der Waals surface area contributed by atoms with Crippen molar-refractivity contribution in [3.05, 3.63) is 36.2 Å². The number of ether oxygens (including phenoxy) is 1. The van der Waals surface area contributed by atoms with E-state index in [0.717, 1.165) is 0 Å². The van der Waals surface area contributed by atoms with Crippen LogP contribution in [0.4, 0.5) is 23.0 Å². The quantitative estimate of drug-likeness (QED) is 0.816. The second kappa shape index (κ2) is 6.75. The molecule has 0 unspecified atom stereocenters. The second-order valence-corrected chi connectivity index (χ2v) is 4.56. The number of nitrogens with two attached hydrogens (primary N) is 1. The topological polar surface area (TPSA) is 93.4 Å². The van der Waals surface area contributed by atoms with Crippen molar-refractivity contribution in [3.63, 3.8) is 0 Å². The van der Waals surface area contributed by atoms with Gasteiger partial charge < -0.3 is 20.7 Å². The van der Waals surface area contributed by atoms with Crippen LogP contribution in [-0.2, 0) is 4.74 Å². The molecule has 116 valence electrons. The first-order valence-electron chi connectivity index (χ1n) is 6.85. The fourth-order valence-electron chi connectivity index (χ4n) is 2.12. The van der Waals surface area contributed by atoms with Crippen molar-refractivity contribution in [2.45, 2.75) is 6.92 Å². The molecular formula is C15H19N5O2. The normalized spacial score (nSPS) is 10.1. The molecule has 7 nitrogen and oxygen atoms in total. The van der Waals surface area contributed by atoms with Gasteiger partial charge in [0.2, 0.25) is 0 Å². The van der Waals surface area contributed by atoms with Gasteiger partial charge in [-0.25, -0.2) is 14.8 Å². The predicted octanol–water partition coefficient (Wildman–Crippen LogP) is 2.05. The zero-order valence-electron chi connectivity index (χ0n) is 12.8. The Morgan fingerprint density at radius 1 is 1.36 bits per heavy atom. The third kappa shape index (κ3) is 2.93. The number of carbonyl (C=O) groups is 1. The molecule has 0 saturated carbocycles. The third-order valence-corrected chi connectivity index (χ3v) is 3.20. The SMILES string of the molecule is CCNc1ncnc(N(C)c2ccccc2C(=O)OC)c1N. The van der Waals surface area contributed by atoms with Crippen LogP contribution in [0.15, 0.2) is 30.6 Å². The summed E-state index contributed by atoms with van der Waals surface area (Å²) in [5, 5.41) is 3.08. The standard InChI is InChI=1S/C15H19N5O2/c1-4-17-13-12(16)14(19-9-18-13)20(2)11-8-6-5-7-10(11)15(21)22-3/h5-9H,4,16H2,1-3H3,(H,17,18,19). The molecule has 0 aliphatic carbocycles. The number of hydrogen-bond acceptors (Lipinski definition) is 7. The van der Waals surface area contributed by atoms with Crippen molar-refractivity contribution >= 4 is 29.0 Å². The minimum Gasteiger partial charge on any atom is -0.465 e. The van der Waals surface area contributed by atoms with Crippen LogP contribution in [0.2, 0.25) is 0 Å². The van der Waals surface area contributed by atoms with Crippen molar-refractivity contribution in [3.8, 4) is 0 Å². The van der Waals surface area contributed by atoms with Crippen LogP contribution < -0.4 is 16.0 Å². The molecule has 0 aliphatic heterocycles. The highest BCUT2D eigenvalue weighted by Crippen LogP contribution is 2.32. The molecule has 3 N–H and O–H groups in total. The molecule has 0 aliphatic rings. The minimum absolute atomic E-state index is 0.415. The lowest BCUT2D eigenvalue weighted by atomic mass is 10.1. The zero-order valence-corrected chi connectivity index (χ0v) is 12.8. The molecule has 22 heavy (non-hydrogen) atoms. The monoisotopic (exact) mass is 301 g/mol. The van der Waals surface area contributed by atoms with E-state index in [9.17, 15) is 4.79 Å². The highest BCUT2D eigenvalue weighted by molar-refractivity contribution is 5.97. The highest BCUT2D eigenvalue weighted by atomic mass is 16.5. The van der Waals surface area contributed by atoms with E-state index in [1.807, 2.05) is 13.0 Å². The maximum atomic E-state index is 11.9. The lowest BCUT2D eigenvalue weighted by Gasteiger charge is -2.22. The van der Waals surface area contributed by atoms with Gasteiger partial charge in [0.15, 0.2) is 11.6 Å². The molecule has 0 radical (unpaired) electrons. The largest absolute Gasteiger partial charge is 0.465 e. The van der Waals surface area contributed by atoms with Crippen molar-refractivity contribution in [2.24, 2.45) is 0 Å². The number of nitrogen functional groups attached to an aromatic ring is 1. The minimum atomic E-state index is -0.415. The average Bonchev–Trinajstić information content (AvgIpc) is 2.55.